The number of rotatable bonds is 13. The molecule has 144 valence electrons. The minimum atomic E-state index is -1.16. The Labute approximate surface area is 146 Å². The predicted octanol–water partition coefficient (Wildman–Crippen LogP) is 0.605. The summed E-state index contributed by atoms with van der Waals surface area (Å²) in [5.41, 5.74) is 5.47. The van der Waals surface area contributed by atoms with Gasteiger partial charge in [-0.25, -0.2) is 0 Å². The number of piperidine rings is 1. The van der Waals surface area contributed by atoms with Gasteiger partial charge in [0.1, 0.15) is 12.2 Å². The molecule has 0 saturated carbocycles. The minimum Gasteiger partial charge on any atom is -0.395 e. The summed E-state index contributed by atoms with van der Waals surface area (Å²) in [6.45, 7) is 1.66. The third-order valence-electron chi connectivity index (χ3n) is 5.12. The highest BCUT2D eigenvalue weighted by Crippen LogP contribution is 2.20. The van der Waals surface area contributed by atoms with Crippen LogP contribution in [0.1, 0.15) is 64.2 Å². The Bertz CT molecular complexity index is 307. The third kappa shape index (κ3) is 7.76. The van der Waals surface area contributed by atoms with Crippen LogP contribution in [0.4, 0.5) is 0 Å². The van der Waals surface area contributed by atoms with E-state index in [4.69, 9.17) is 5.73 Å². The molecule has 1 aliphatic rings. The molecule has 0 spiro atoms. The first-order valence-electron chi connectivity index (χ1n) is 9.71. The maximum absolute atomic E-state index is 9.94. The standard InChI is InChI=1S/C18H38N2O4/c19-11-9-7-5-3-1-2-4-6-8-10-12-20-13-16(22)18(24)17(23)15(20)14-21/h15-18,21-24H,1-14,19H2/t15-,16-,17-,18-/m1/s1. The summed E-state index contributed by atoms with van der Waals surface area (Å²) in [6.07, 6.45) is 8.97. The van der Waals surface area contributed by atoms with E-state index in [0.717, 1.165) is 32.4 Å². The van der Waals surface area contributed by atoms with Crippen molar-refractivity contribution in [1.82, 2.24) is 4.90 Å². The van der Waals surface area contributed by atoms with Gasteiger partial charge in [-0.05, 0) is 25.9 Å². The van der Waals surface area contributed by atoms with E-state index in [0.29, 0.717) is 6.54 Å². The van der Waals surface area contributed by atoms with E-state index in [9.17, 15) is 20.4 Å². The molecule has 0 aromatic rings. The zero-order valence-electron chi connectivity index (χ0n) is 15.0. The topological polar surface area (TPSA) is 110 Å². The lowest BCUT2D eigenvalue weighted by molar-refractivity contribution is -0.145. The average molecular weight is 347 g/mol. The molecule has 6 N–H and O–H groups in total. The lowest BCUT2D eigenvalue weighted by atomic mass is 9.94. The second-order valence-corrected chi connectivity index (χ2v) is 7.12. The Hall–Kier alpha value is -0.240. The Balaban J connectivity index is 2.04. The number of aliphatic hydroxyl groups excluding tert-OH is 4. The van der Waals surface area contributed by atoms with E-state index >= 15 is 0 Å². The smallest absolute Gasteiger partial charge is 0.109 e. The van der Waals surface area contributed by atoms with Crippen LogP contribution in [0.2, 0.25) is 0 Å². The normalized spacial score (nSPS) is 28.4. The highest BCUT2D eigenvalue weighted by atomic mass is 16.4. The molecular weight excluding hydrogens is 308 g/mol. The van der Waals surface area contributed by atoms with Crippen molar-refractivity contribution < 1.29 is 20.4 Å². The summed E-state index contributed by atoms with van der Waals surface area (Å²) in [7, 11) is 0. The maximum Gasteiger partial charge on any atom is 0.109 e. The number of nitrogens with zero attached hydrogens (tertiary/aromatic N) is 1. The van der Waals surface area contributed by atoms with E-state index in [2.05, 4.69) is 0 Å². The average Bonchev–Trinajstić information content (AvgIpc) is 2.58. The molecule has 1 saturated heterocycles. The second-order valence-electron chi connectivity index (χ2n) is 7.12. The molecule has 0 amide bonds. The molecule has 0 bridgehead atoms. The summed E-state index contributed by atoms with van der Waals surface area (Å²) < 4.78 is 0. The van der Waals surface area contributed by atoms with Crippen molar-refractivity contribution in [2.45, 2.75) is 88.6 Å². The van der Waals surface area contributed by atoms with Crippen LogP contribution in [-0.2, 0) is 0 Å². The Morgan fingerprint density at radius 2 is 1.25 bits per heavy atom. The van der Waals surface area contributed by atoms with Crippen molar-refractivity contribution in [2.75, 3.05) is 26.2 Å². The van der Waals surface area contributed by atoms with Crippen molar-refractivity contribution in [3.63, 3.8) is 0 Å². The number of β-amino-alcohol motifs (C(OH)–C–C–N with tert-alkyl or cyclic N) is 1. The van der Waals surface area contributed by atoms with E-state index < -0.39 is 24.4 Å². The molecular formula is C18H38N2O4. The minimum absolute atomic E-state index is 0.199. The van der Waals surface area contributed by atoms with Gasteiger partial charge in [-0.1, -0.05) is 51.4 Å². The van der Waals surface area contributed by atoms with Gasteiger partial charge in [0.15, 0.2) is 0 Å². The van der Waals surface area contributed by atoms with Gasteiger partial charge in [0, 0.05) is 6.54 Å². The fourth-order valence-corrected chi connectivity index (χ4v) is 3.51. The highest BCUT2D eigenvalue weighted by Gasteiger charge is 2.40. The summed E-state index contributed by atoms with van der Waals surface area (Å²) in [6, 6.07) is -0.475. The molecule has 1 heterocycles. The van der Waals surface area contributed by atoms with Crippen LogP contribution >= 0.6 is 0 Å². The summed E-state index contributed by atoms with van der Waals surface area (Å²) in [5, 5.41) is 38.8. The van der Waals surface area contributed by atoms with Gasteiger partial charge >= 0.3 is 0 Å². The summed E-state index contributed by atoms with van der Waals surface area (Å²) in [5.74, 6) is 0. The Morgan fingerprint density at radius 3 is 1.75 bits per heavy atom. The molecule has 6 nitrogen and oxygen atoms in total. The van der Waals surface area contributed by atoms with E-state index in [1.54, 1.807) is 0 Å². The molecule has 6 heteroatoms. The van der Waals surface area contributed by atoms with Crippen molar-refractivity contribution in [1.29, 1.82) is 0 Å². The molecule has 4 atom stereocenters. The fourth-order valence-electron chi connectivity index (χ4n) is 3.51. The Morgan fingerprint density at radius 1 is 0.750 bits per heavy atom. The first kappa shape index (κ1) is 21.8. The van der Waals surface area contributed by atoms with Gasteiger partial charge < -0.3 is 26.2 Å². The third-order valence-corrected chi connectivity index (χ3v) is 5.12. The molecule has 1 fully saturated rings. The van der Waals surface area contributed by atoms with Gasteiger partial charge in [-0.3, -0.25) is 4.90 Å². The molecule has 24 heavy (non-hydrogen) atoms. The fraction of sp³-hybridized carbons (Fsp3) is 1.00. The quantitative estimate of drug-likeness (QED) is 0.313. The van der Waals surface area contributed by atoms with Crippen LogP contribution in [0.25, 0.3) is 0 Å². The predicted molar refractivity (Wildman–Crippen MR) is 95.7 cm³/mol. The molecule has 0 aliphatic carbocycles. The van der Waals surface area contributed by atoms with Crippen molar-refractivity contribution in [2.24, 2.45) is 5.73 Å². The number of hydrogen-bond donors (Lipinski definition) is 5. The van der Waals surface area contributed by atoms with Crippen LogP contribution in [0.15, 0.2) is 0 Å². The van der Waals surface area contributed by atoms with Gasteiger partial charge in [-0.2, -0.15) is 0 Å². The van der Waals surface area contributed by atoms with Crippen LogP contribution in [0.5, 0.6) is 0 Å². The van der Waals surface area contributed by atoms with Crippen LogP contribution in [-0.4, -0.2) is 75.9 Å². The summed E-state index contributed by atoms with van der Waals surface area (Å²) in [4.78, 5) is 1.90. The van der Waals surface area contributed by atoms with Crippen LogP contribution in [0.3, 0.4) is 0 Å². The molecule has 0 radical (unpaired) electrons. The number of hydrogen-bond acceptors (Lipinski definition) is 6. The van der Waals surface area contributed by atoms with Gasteiger partial charge in [0.25, 0.3) is 0 Å². The van der Waals surface area contributed by atoms with Gasteiger partial charge in [-0.15, -0.1) is 0 Å². The highest BCUT2D eigenvalue weighted by molar-refractivity contribution is 4.93. The van der Waals surface area contributed by atoms with Crippen LogP contribution in [0, 0.1) is 0 Å². The first-order chi connectivity index (χ1) is 11.6. The molecule has 0 aromatic carbocycles. The number of likely N-dealkylation sites (tertiary alicyclic amines) is 1. The number of nitrogens with two attached hydrogens (primary N) is 1. The SMILES string of the molecule is NCCCCCCCCCCCCN1C[C@@H](O)[C@@H](O)[C@H](O)[C@H]1CO. The largest absolute Gasteiger partial charge is 0.395 e. The first-order valence-corrected chi connectivity index (χ1v) is 9.71. The maximum atomic E-state index is 9.94. The molecule has 0 unspecified atom stereocenters. The van der Waals surface area contributed by atoms with Gasteiger partial charge in [0.2, 0.25) is 0 Å². The van der Waals surface area contributed by atoms with E-state index in [-0.39, 0.29) is 6.61 Å². The molecule has 0 aromatic heterocycles. The second kappa shape index (κ2) is 13.0. The van der Waals surface area contributed by atoms with Crippen molar-refractivity contribution in [3.8, 4) is 0 Å². The van der Waals surface area contributed by atoms with Crippen molar-refractivity contribution in [3.05, 3.63) is 0 Å². The van der Waals surface area contributed by atoms with E-state index in [1.165, 1.54) is 44.9 Å². The zero-order chi connectivity index (χ0) is 17.8. The monoisotopic (exact) mass is 346 g/mol. The van der Waals surface area contributed by atoms with Gasteiger partial charge in [0.05, 0.1) is 18.8 Å². The number of unbranched alkanes of at least 4 members (excludes halogenated alkanes) is 9. The van der Waals surface area contributed by atoms with E-state index in [1.807, 2.05) is 4.90 Å². The Kier molecular flexibility index (Phi) is 11.8. The summed E-state index contributed by atoms with van der Waals surface area (Å²) >= 11 is 0. The number of aliphatic hydroxyl groups is 4. The molecule has 1 rings (SSSR count). The molecule has 1 aliphatic heterocycles. The van der Waals surface area contributed by atoms with Crippen molar-refractivity contribution >= 4 is 0 Å². The lowest BCUT2D eigenvalue weighted by Crippen LogP contribution is -2.62. The zero-order valence-corrected chi connectivity index (χ0v) is 15.0. The van der Waals surface area contributed by atoms with Crippen LogP contribution < -0.4 is 5.73 Å². The lowest BCUT2D eigenvalue weighted by Gasteiger charge is -2.43.